The van der Waals surface area contributed by atoms with Crippen LogP contribution in [0.1, 0.15) is 0 Å². The van der Waals surface area contributed by atoms with Crippen LogP contribution in [0.3, 0.4) is 0 Å². The van der Waals surface area contributed by atoms with Crippen LogP contribution in [0.25, 0.3) is 0 Å². The first kappa shape index (κ1) is 5.84. The van der Waals surface area contributed by atoms with Gasteiger partial charge in [-0.15, -0.1) is 0 Å². The molecule has 0 bridgehead atoms. The van der Waals surface area contributed by atoms with Gasteiger partial charge in [0.2, 0.25) is 0 Å². The lowest BCUT2D eigenvalue weighted by Crippen LogP contribution is -3.05. The lowest BCUT2D eigenvalue weighted by Gasteiger charge is -3.09. The Balaban J connectivity index is 1.72. The molecule has 0 aromatic heterocycles. The molecular weight excluding hydrogens is 160 g/mol. The van der Waals surface area contributed by atoms with E-state index in [1.165, 1.54) is 41.4 Å². The van der Waals surface area contributed by atoms with E-state index >= 15 is 0 Å². The lowest BCUT2D eigenvalue weighted by molar-refractivity contribution is -0.556. The molecule has 0 aliphatic heterocycles. The minimum Gasteiger partial charge on any atom is -0.0691 e. The Morgan fingerprint density at radius 1 is 0.750 bits per heavy atom. The highest BCUT2D eigenvalue weighted by atomic mass is 28.3. The molecule has 0 aromatic rings. The molecule has 0 N–H and O–H groups in total. The minimum absolute atomic E-state index is 0.782. The lowest BCUT2D eigenvalue weighted by atomic mass is 9.01. The van der Waals surface area contributed by atoms with Crippen LogP contribution in [-0.4, -0.2) is 8.07 Å². The number of hydrogen-bond donors (Lipinski definition) is 0. The Labute approximate surface area is 74.7 Å². The van der Waals surface area contributed by atoms with E-state index in [0.29, 0.717) is 0 Å². The molecule has 6 rings (SSSR count). The summed E-state index contributed by atoms with van der Waals surface area (Å²) in [7, 11) is -0.782. The molecule has 0 amide bonds. The average Bonchev–Trinajstić information content (AvgIpc) is 2.03. The Hall–Kier alpha value is 0.217. The SMILES string of the molecule is C[Si](C)(C)C12C3C4C5C3C1C5C42. The molecular formula is C11H16Si. The second-order valence-electron chi connectivity index (χ2n) is 7.07. The van der Waals surface area contributed by atoms with Gasteiger partial charge in [-0.25, -0.2) is 0 Å². The highest BCUT2D eigenvalue weighted by molar-refractivity contribution is 6.80. The van der Waals surface area contributed by atoms with Crippen LogP contribution >= 0.6 is 0 Å². The first-order chi connectivity index (χ1) is 5.62. The number of rotatable bonds is 1. The maximum absolute atomic E-state index is 2.63. The van der Waals surface area contributed by atoms with Gasteiger partial charge < -0.3 is 0 Å². The van der Waals surface area contributed by atoms with E-state index in [9.17, 15) is 0 Å². The first-order valence-corrected chi connectivity index (χ1v) is 9.12. The van der Waals surface area contributed by atoms with Gasteiger partial charge in [-0.2, -0.15) is 0 Å². The van der Waals surface area contributed by atoms with Crippen molar-refractivity contribution in [2.75, 3.05) is 0 Å². The van der Waals surface area contributed by atoms with Gasteiger partial charge in [0.1, 0.15) is 0 Å². The summed E-state index contributed by atoms with van der Waals surface area (Å²) in [6.45, 7) is 7.90. The largest absolute Gasteiger partial charge is 0.0691 e. The van der Waals surface area contributed by atoms with Crippen molar-refractivity contribution in [3.05, 3.63) is 0 Å². The fourth-order valence-corrected chi connectivity index (χ4v) is 11.1. The minimum atomic E-state index is -0.782. The predicted molar refractivity (Wildman–Crippen MR) is 50.5 cm³/mol. The van der Waals surface area contributed by atoms with Gasteiger partial charge in [-0.05, 0) is 46.5 Å². The van der Waals surface area contributed by atoms with Crippen LogP contribution in [0.2, 0.25) is 24.7 Å². The molecule has 0 atom stereocenters. The molecule has 0 nitrogen and oxygen atoms in total. The quantitative estimate of drug-likeness (QED) is 0.538. The Morgan fingerprint density at radius 3 is 1.42 bits per heavy atom. The second-order valence-corrected chi connectivity index (χ2v) is 12.4. The topological polar surface area (TPSA) is 0 Å². The summed E-state index contributed by atoms with van der Waals surface area (Å²) < 4.78 is 0. The smallest absolute Gasteiger partial charge is 0.0516 e. The fourth-order valence-electron chi connectivity index (χ4n) is 6.93. The molecule has 0 unspecified atom stereocenters. The Bertz CT molecular complexity index is 274. The zero-order valence-electron chi connectivity index (χ0n) is 8.04. The molecule has 6 fully saturated rings. The van der Waals surface area contributed by atoms with Crippen molar-refractivity contribution in [2.24, 2.45) is 41.4 Å². The normalized spacial score (nSPS) is 83.8. The third-order valence-corrected chi connectivity index (χ3v) is 10.4. The number of hydrogen-bond acceptors (Lipinski definition) is 0. The van der Waals surface area contributed by atoms with Crippen molar-refractivity contribution in [2.45, 2.75) is 24.7 Å². The van der Waals surface area contributed by atoms with E-state index in [0.717, 1.165) is 5.04 Å². The highest BCUT2D eigenvalue weighted by Crippen LogP contribution is 3.10. The van der Waals surface area contributed by atoms with Crippen molar-refractivity contribution < 1.29 is 0 Å². The van der Waals surface area contributed by atoms with E-state index in [4.69, 9.17) is 0 Å². The molecule has 6 aliphatic rings. The molecule has 0 spiro atoms. The van der Waals surface area contributed by atoms with Crippen molar-refractivity contribution in [1.29, 1.82) is 0 Å². The summed E-state index contributed by atoms with van der Waals surface area (Å²) >= 11 is 0. The third-order valence-electron chi connectivity index (χ3n) is 6.78. The van der Waals surface area contributed by atoms with Gasteiger partial charge in [0.25, 0.3) is 0 Å². The molecule has 0 aromatic carbocycles. The molecule has 6 aliphatic carbocycles. The van der Waals surface area contributed by atoms with Gasteiger partial charge in [0, 0.05) is 0 Å². The van der Waals surface area contributed by atoms with Crippen LogP contribution in [0.4, 0.5) is 0 Å². The second kappa shape index (κ2) is 1.06. The molecule has 6 saturated carbocycles. The van der Waals surface area contributed by atoms with Crippen molar-refractivity contribution in [3.63, 3.8) is 0 Å². The first-order valence-electron chi connectivity index (χ1n) is 5.62. The average molecular weight is 176 g/mol. The van der Waals surface area contributed by atoms with Crippen molar-refractivity contribution in [1.82, 2.24) is 0 Å². The van der Waals surface area contributed by atoms with Crippen LogP contribution in [-0.2, 0) is 0 Å². The highest BCUT2D eigenvalue weighted by Gasteiger charge is 3.05. The van der Waals surface area contributed by atoms with Crippen LogP contribution in [0.15, 0.2) is 0 Å². The molecule has 12 heavy (non-hydrogen) atoms. The molecule has 0 saturated heterocycles. The van der Waals surface area contributed by atoms with Crippen LogP contribution in [0, 0.1) is 41.4 Å². The van der Waals surface area contributed by atoms with Crippen molar-refractivity contribution >= 4 is 8.07 Å². The van der Waals surface area contributed by atoms with E-state index in [1.54, 1.807) is 0 Å². The van der Waals surface area contributed by atoms with E-state index in [1.807, 2.05) is 0 Å². The molecule has 0 heterocycles. The fraction of sp³-hybridized carbons (Fsp3) is 1.00. The van der Waals surface area contributed by atoms with Gasteiger partial charge in [0.15, 0.2) is 0 Å². The standard InChI is InChI=1S/C11H16Si/c1-12(2,3)11-8-5-4-6(8)10(11)7(4)9(5)11/h4-10H,1-3H3. The monoisotopic (exact) mass is 176 g/mol. The molecule has 0 radical (unpaired) electrons. The zero-order chi connectivity index (χ0) is 8.04. The van der Waals surface area contributed by atoms with Crippen molar-refractivity contribution in [3.8, 4) is 0 Å². The Morgan fingerprint density at radius 2 is 1.17 bits per heavy atom. The summed E-state index contributed by atoms with van der Waals surface area (Å²) in [6, 6.07) is 0. The summed E-state index contributed by atoms with van der Waals surface area (Å²) in [5, 5.41) is 1.04. The van der Waals surface area contributed by atoms with Crippen LogP contribution in [0.5, 0.6) is 0 Å². The van der Waals surface area contributed by atoms with Gasteiger partial charge in [-0.1, -0.05) is 19.6 Å². The maximum atomic E-state index is 2.63. The summed E-state index contributed by atoms with van der Waals surface area (Å²) in [5.74, 6) is 9.12. The predicted octanol–water partition coefficient (Wildman–Crippen LogP) is 2.45. The van der Waals surface area contributed by atoms with Gasteiger partial charge in [0.05, 0.1) is 8.07 Å². The van der Waals surface area contributed by atoms with E-state index < -0.39 is 8.07 Å². The Kier molecular flexibility index (Phi) is 0.517. The molecule has 1 heteroatoms. The maximum Gasteiger partial charge on any atom is 0.0516 e. The van der Waals surface area contributed by atoms with Gasteiger partial charge >= 0.3 is 0 Å². The zero-order valence-corrected chi connectivity index (χ0v) is 9.04. The van der Waals surface area contributed by atoms with E-state index in [-0.39, 0.29) is 0 Å². The van der Waals surface area contributed by atoms with Crippen LogP contribution < -0.4 is 0 Å². The van der Waals surface area contributed by atoms with E-state index in [2.05, 4.69) is 19.6 Å². The summed E-state index contributed by atoms with van der Waals surface area (Å²) in [4.78, 5) is 0. The third kappa shape index (κ3) is 0.217. The summed E-state index contributed by atoms with van der Waals surface area (Å²) in [5.41, 5.74) is 0. The molecule has 64 valence electrons. The summed E-state index contributed by atoms with van der Waals surface area (Å²) in [6.07, 6.45) is 0. The van der Waals surface area contributed by atoms with Gasteiger partial charge in [-0.3, -0.25) is 0 Å².